The molecule has 0 saturated carbocycles. The Morgan fingerprint density at radius 2 is 1.94 bits per heavy atom. The molecule has 0 aliphatic carbocycles. The highest BCUT2D eigenvalue weighted by atomic mass is 16.5. The first-order valence-corrected chi connectivity index (χ1v) is 5.83. The zero-order valence-corrected chi connectivity index (χ0v) is 10.1. The zero-order valence-electron chi connectivity index (χ0n) is 10.1. The van der Waals surface area contributed by atoms with Crippen molar-refractivity contribution in [2.75, 3.05) is 31.3 Å². The topological polar surface area (TPSA) is 79.0 Å². The summed E-state index contributed by atoms with van der Waals surface area (Å²) in [5.74, 6) is 5.38. The highest BCUT2D eigenvalue weighted by Gasteiger charge is 2.12. The highest BCUT2D eigenvalue weighted by Crippen LogP contribution is 2.14. The van der Waals surface area contributed by atoms with Crippen LogP contribution in [0.5, 0.6) is 0 Å². The molecule has 1 aromatic rings. The lowest BCUT2D eigenvalue weighted by Gasteiger charge is -2.26. The van der Waals surface area contributed by atoms with Crippen LogP contribution >= 0.6 is 0 Å². The number of anilines is 1. The summed E-state index contributed by atoms with van der Waals surface area (Å²) in [6.45, 7) is 4.25. The smallest absolute Gasteiger partial charge is 0.426 e. The van der Waals surface area contributed by atoms with E-state index in [1.807, 2.05) is 12.1 Å². The molecule has 1 heterocycles. The van der Waals surface area contributed by atoms with Gasteiger partial charge in [-0.1, -0.05) is 12.1 Å². The molecule has 1 aromatic carbocycles. The van der Waals surface area contributed by atoms with Gasteiger partial charge >= 0.3 is 6.09 Å². The van der Waals surface area contributed by atoms with Crippen LogP contribution in [0.3, 0.4) is 0 Å². The lowest BCUT2D eigenvalue weighted by molar-refractivity contribution is 0.0342. The van der Waals surface area contributed by atoms with Crippen LogP contribution in [-0.4, -0.2) is 42.4 Å². The van der Waals surface area contributed by atoms with E-state index in [1.165, 1.54) is 0 Å². The molecule has 1 saturated heterocycles. The first kappa shape index (κ1) is 12.8. The van der Waals surface area contributed by atoms with E-state index in [1.54, 1.807) is 12.1 Å². The number of carboxylic acid groups (broad SMARTS) is 1. The molecule has 0 bridgehead atoms. The van der Waals surface area contributed by atoms with Crippen LogP contribution in [0.1, 0.15) is 5.56 Å². The number of morpholine rings is 1. The summed E-state index contributed by atoms with van der Waals surface area (Å²) in [5.41, 5.74) is 1.60. The minimum atomic E-state index is -1.17. The highest BCUT2D eigenvalue weighted by molar-refractivity contribution is 5.84. The second-order valence-electron chi connectivity index (χ2n) is 4.21. The van der Waals surface area contributed by atoms with E-state index < -0.39 is 6.09 Å². The number of carbonyl (C=O) groups is 1. The number of benzene rings is 1. The molecule has 98 valence electrons. The lowest BCUT2D eigenvalue weighted by Crippen LogP contribution is -2.36. The number of hydrogen-bond acceptors (Lipinski definition) is 4. The molecule has 6 nitrogen and oxygen atoms in total. The molecule has 18 heavy (non-hydrogen) atoms. The summed E-state index contributed by atoms with van der Waals surface area (Å²) < 4.78 is 5.28. The number of nitrogens with two attached hydrogens (primary N) is 1. The van der Waals surface area contributed by atoms with Gasteiger partial charge in [-0.25, -0.2) is 15.6 Å². The monoisotopic (exact) mass is 251 g/mol. The maximum Gasteiger partial charge on any atom is 0.426 e. The number of nitrogens with zero attached hydrogens (tertiary/aromatic N) is 2. The Balaban J connectivity index is 1.96. The van der Waals surface area contributed by atoms with E-state index in [4.69, 9.17) is 15.7 Å². The zero-order chi connectivity index (χ0) is 13.0. The van der Waals surface area contributed by atoms with Gasteiger partial charge in [0.15, 0.2) is 0 Å². The van der Waals surface area contributed by atoms with Gasteiger partial charge in [-0.3, -0.25) is 4.90 Å². The normalized spacial score (nSPS) is 16.5. The van der Waals surface area contributed by atoms with Gasteiger partial charge in [0.2, 0.25) is 0 Å². The van der Waals surface area contributed by atoms with Crippen molar-refractivity contribution in [2.45, 2.75) is 6.54 Å². The molecule has 6 heteroatoms. The van der Waals surface area contributed by atoms with Gasteiger partial charge in [-0.15, -0.1) is 0 Å². The molecule has 0 radical (unpaired) electrons. The third-order valence-electron chi connectivity index (χ3n) is 2.93. The van der Waals surface area contributed by atoms with Crippen LogP contribution in [-0.2, 0) is 11.3 Å². The molecule has 1 aliphatic heterocycles. The van der Waals surface area contributed by atoms with Gasteiger partial charge in [-0.05, 0) is 17.7 Å². The molecular weight excluding hydrogens is 234 g/mol. The maximum atomic E-state index is 10.7. The Hall–Kier alpha value is -1.63. The summed E-state index contributed by atoms with van der Waals surface area (Å²) in [6.07, 6.45) is -1.17. The number of rotatable bonds is 3. The van der Waals surface area contributed by atoms with E-state index in [9.17, 15) is 4.79 Å². The molecule has 3 N–H and O–H groups in total. The third kappa shape index (κ3) is 3.19. The van der Waals surface area contributed by atoms with E-state index in [0.29, 0.717) is 10.7 Å². The molecule has 1 aliphatic rings. The number of amides is 1. The van der Waals surface area contributed by atoms with Crippen molar-refractivity contribution >= 4 is 11.8 Å². The molecular formula is C12H17N3O3. The Bertz CT molecular complexity index is 402. The summed E-state index contributed by atoms with van der Waals surface area (Å²) in [5, 5.41) is 9.45. The Kier molecular flexibility index (Phi) is 4.14. The van der Waals surface area contributed by atoms with Gasteiger partial charge < -0.3 is 9.84 Å². The third-order valence-corrected chi connectivity index (χ3v) is 2.93. The van der Waals surface area contributed by atoms with Crippen LogP contribution in [0.4, 0.5) is 10.5 Å². The average Bonchev–Trinajstić information content (AvgIpc) is 2.40. The summed E-state index contributed by atoms with van der Waals surface area (Å²) in [7, 11) is 0. The van der Waals surface area contributed by atoms with E-state index in [0.717, 1.165) is 38.4 Å². The number of ether oxygens (including phenoxy) is 1. The largest absolute Gasteiger partial charge is 0.464 e. The quantitative estimate of drug-likeness (QED) is 0.473. The maximum absolute atomic E-state index is 10.7. The molecule has 2 rings (SSSR count). The Morgan fingerprint density at radius 3 is 2.50 bits per heavy atom. The molecule has 0 unspecified atom stereocenters. The first-order valence-electron chi connectivity index (χ1n) is 5.83. The van der Waals surface area contributed by atoms with Crippen LogP contribution in [0.25, 0.3) is 0 Å². The summed E-state index contributed by atoms with van der Waals surface area (Å²) in [6, 6.07) is 7.22. The fourth-order valence-electron chi connectivity index (χ4n) is 1.89. The fraction of sp³-hybridized carbons (Fsp3) is 0.417. The predicted octanol–water partition coefficient (Wildman–Crippen LogP) is 0.877. The molecule has 1 fully saturated rings. The van der Waals surface area contributed by atoms with Gasteiger partial charge in [0, 0.05) is 19.6 Å². The molecule has 1 amide bonds. The second-order valence-corrected chi connectivity index (χ2v) is 4.21. The van der Waals surface area contributed by atoms with Crippen molar-refractivity contribution < 1.29 is 14.6 Å². The van der Waals surface area contributed by atoms with Crippen LogP contribution < -0.4 is 10.9 Å². The summed E-state index contributed by atoms with van der Waals surface area (Å²) in [4.78, 5) is 13.0. The standard InChI is InChI=1S/C12H17N3O3/c13-15(12(16)17)11-3-1-10(2-4-11)9-14-5-7-18-8-6-14/h1-4H,5-9,13H2,(H,16,17). The summed E-state index contributed by atoms with van der Waals surface area (Å²) >= 11 is 0. The molecule has 0 spiro atoms. The van der Waals surface area contributed by atoms with Gasteiger partial charge in [0.1, 0.15) is 0 Å². The average molecular weight is 251 g/mol. The van der Waals surface area contributed by atoms with Crippen LogP contribution in [0, 0.1) is 0 Å². The van der Waals surface area contributed by atoms with Gasteiger partial charge in [-0.2, -0.15) is 0 Å². The lowest BCUT2D eigenvalue weighted by atomic mass is 10.2. The van der Waals surface area contributed by atoms with Crippen molar-refractivity contribution in [3.8, 4) is 0 Å². The van der Waals surface area contributed by atoms with Crippen LogP contribution in [0.2, 0.25) is 0 Å². The molecule has 0 aromatic heterocycles. The van der Waals surface area contributed by atoms with E-state index in [-0.39, 0.29) is 0 Å². The number of hydrogen-bond donors (Lipinski definition) is 2. The van der Waals surface area contributed by atoms with Gasteiger partial charge in [0.05, 0.1) is 18.9 Å². The molecule has 0 atom stereocenters. The Morgan fingerprint density at radius 1 is 1.33 bits per heavy atom. The van der Waals surface area contributed by atoms with Crippen molar-refractivity contribution in [3.63, 3.8) is 0 Å². The minimum absolute atomic E-state index is 0.466. The van der Waals surface area contributed by atoms with Crippen molar-refractivity contribution in [1.29, 1.82) is 0 Å². The van der Waals surface area contributed by atoms with Crippen molar-refractivity contribution in [3.05, 3.63) is 29.8 Å². The van der Waals surface area contributed by atoms with E-state index in [2.05, 4.69) is 4.90 Å². The fourth-order valence-corrected chi connectivity index (χ4v) is 1.89. The number of hydrazine groups is 1. The van der Waals surface area contributed by atoms with Gasteiger partial charge in [0.25, 0.3) is 0 Å². The Labute approximate surface area is 106 Å². The SMILES string of the molecule is NN(C(=O)O)c1ccc(CN2CCOCC2)cc1. The minimum Gasteiger partial charge on any atom is -0.464 e. The van der Waals surface area contributed by atoms with E-state index >= 15 is 0 Å². The van der Waals surface area contributed by atoms with Crippen molar-refractivity contribution in [1.82, 2.24) is 4.90 Å². The first-order chi connectivity index (χ1) is 8.66. The predicted molar refractivity (Wildman–Crippen MR) is 67.2 cm³/mol. The van der Waals surface area contributed by atoms with Crippen LogP contribution in [0.15, 0.2) is 24.3 Å². The second kappa shape index (κ2) is 5.81. The van der Waals surface area contributed by atoms with Crippen molar-refractivity contribution in [2.24, 2.45) is 5.84 Å².